The summed E-state index contributed by atoms with van der Waals surface area (Å²) in [5.41, 5.74) is 1.23. The Hall–Kier alpha value is -1.43. The molecular weight excluding hydrogens is 266 g/mol. The molecule has 0 spiro atoms. The molecule has 1 aliphatic rings. The fraction of sp³-hybridized carbons (Fsp3) is 0.562. The van der Waals surface area contributed by atoms with Gasteiger partial charge < -0.3 is 20.2 Å². The molecule has 1 aromatic carbocycles. The minimum Gasteiger partial charge on any atom is -0.388 e. The van der Waals surface area contributed by atoms with Gasteiger partial charge in [0.25, 0.3) is 0 Å². The van der Waals surface area contributed by atoms with Gasteiger partial charge in [0.05, 0.1) is 5.60 Å². The smallest absolute Gasteiger partial charge is 0.228 e. The topological polar surface area (TPSA) is 55.8 Å². The van der Waals surface area contributed by atoms with Crippen molar-refractivity contribution in [3.8, 4) is 0 Å². The number of rotatable bonds is 5. The van der Waals surface area contributed by atoms with E-state index in [1.807, 2.05) is 50.2 Å². The Morgan fingerprint density at radius 2 is 2.10 bits per heavy atom. The summed E-state index contributed by atoms with van der Waals surface area (Å²) in [5, 5.41) is 13.7. The largest absolute Gasteiger partial charge is 0.388 e. The van der Waals surface area contributed by atoms with Crippen LogP contribution in [0.1, 0.15) is 24.9 Å². The maximum absolute atomic E-state index is 12.1. The van der Waals surface area contributed by atoms with E-state index in [2.05, 4.69) is 5.32 Å². The number of nitrogens with zero attached hydrogens (tertiary/aromatic N) is 2. The molecule has 2 unspecified atom stereocenters. The minimum atomic E-state index is -0.829. The average molecular weight is 291 g/mol. The molecule has 1 aromatic rings. The molecule has 21 heavy (non-hydrogen) atoms. The normalized spacial score (nSPS) is 21.3. The molecule has 2 N–H and O–H groups in total. The second-order valence-corrected chi connectivity index (χ2v) is 6.38. The van der Waals surface area contributed by atoms with Gasteiger partial charge in [-0.2, -0.15) is 0 Å². The first-order valence-electron chi connectivity index (χ1n) is 7.26. The quantitative estimate of drug-likeness (QED) is 0.850. The first-order valence-corrected chi connectivity index (χ1v) is 7.26. The lowest BCUT2D eigenvalue weighted by Crippen LogP contribution is -2.48. The van der Waals surface area contributed by atoms with Gasteiger partial charge in [-0.15, -0.1) is 0 Å². The lowest BCUT2D eigenvalue weighted by Gasteiger charge is -2.34. The molecule has 0 fully saturated rings. The molecule has 1 amide bonds. The van der Waals surface area contributed by atoms with E-state index in [0.29, 0.717) is 19.5 Å². The second-order valence-electron chi connectivity index (χ2n) is 6.38. The summed E-state index contributed by atoms with van der Waals surface area (Å²) in [6, 6.07) is 7.87. The number of carbonyl (C=O) groups excluding carboxylic acids is 1. The van der Waals surface area contributed by atoms with E-state index in [0.717, 1.165) is 11.3 Å². The predicted octanol–water partition coefficient (Wildman–Crippen LogP) is 0.996. The van der Waals surface area contributed by atoms with E-state index in [-0.39, 0.29) is 11.9 Å². The van der Waals surface area contributed by atoms with Gasteiger partial charge in [0.1, 0.15) is 0 Å². The van der Waals surface area contributed by atoms with Crippen LogP contribution < -0.4 is 10.2 Å². The Labute approximate surface area is 126 Å². The van der Waals surface area contributed by atoms with Crippen LogP contribution in [0.15, 0.2) is 24.3 Å². The van der Waals surface area contributed by atoms with E-state index in [4.69, 9.17) is 0 Å². The van der Waals surface area contributed by atoms with E-state index in [1.165, 1.54) is 0 Å². The summed E-state index contributed by atoms with van der Waals surface area (Å²) in [7, 11) is 5.67. The lowest BCUT2D eigenvalue weighted by molar-refractivity contribution is -0.119. The second kappa shape index (κ2) is 6.13. The molecule has 2 atom stereocenters. The van der Waals surface area contributed by atoms with Gasteiger partial charge in [-0.25, -0.2) is 0 Å². The zero-order chi connectivity index (χ0) is 15.6. The molecule has 0 bridgehead atoms. The van der Waals surface area contributed by atoms with E-state index < -0.39 is 5.60 Å². The van der Waals surface area contributed by atoms with Gasteiger partial charge >= 0.3 is 0 Å². The van der Waals surface area contributed by atoms with Crippen molar-refractivity contribution in [1.82, 2.24) is 10.2 Å². The number of anilines is 1. The Morgan fingerprint density at radius 3 is 2.76 bits per heavy atom. The maximum Gasteiger partial charge on any atom is 0.228 e. The van der Waals surface area contributed by atoms with Crippen molar-refractivity contribution in [2.24, 2.45) is 0 Å². The molecule has 2 rings (SSSR count). The molecule has 0 saturated heterocycles. The summed E-state index contributed by atoms with van der Waals surface area (Å²) in [6.07, 6.45) is 0.422. The molecule has 0 radical (unpaired) electrons. The van der Waals surface area contributed by atoms with E-state index in [1.54, 1.807) is 11.9 Å². The molecule has 116 valence electrons. The SMILES string of the molecule is CN(C)CC(C)(O)CNC1CC(=O)N(C)c2ccccc21. The molecule has 5 heteroatoms. The van der Waals surface area contributed by atoms with Crippen molar-refractivity contribution in [2.75, 3.05) is 39.1 Å². The first kappa shape index (κ1) is 15.9. The highest BCUT2D eigenvalue weighted by Crippen LogP contribution is 2.33. The third-order valence-corrected chi connectivity index (χ3v) is 3.81. The van der Waals surface area contributed by atoms with Gasteiger partial charge in [0.15, 0.2) is 0 Å². The number of para-hydroxylation sites is 1. The fourth-order valence-electron chi connectivity index (χ4n) is 2.91. The number of hydrogen-bond donors (Lipinski definition) is 2. The Bertz CT molecular complexity index is 514. The molecule has 1 aliphatic heterocycles. The summed E-state index contributed by atoms with van der Waals surface area (Å²) >= 11 is 0. The number of carbonyl (C=O) groups is 1. The lowest BCUT2D eigenvalue weighted by atomic mass is 9.95. The van der Waals surface area contributed by atoms with Gasteiger partial charge in [0.2, 0.25) is 5.91 Å². The summed E-state index contributed by atoms with van der Waals surface area (Å²) < 4.78 is 0. The van der Waals surface area contributed by atoms with Crippen molar-refractivity contribution < 1.29 is 9.90 Å². The highest BCUT2D eigenvalue weighted by molar-refractivity contribution is 5.96. The zero-order valence-corrected chi connectivity index (χ0v) is 13.3. The number of aliphatic hydroxyl groups is 1. The van der Waals surface area contributed by atoms with Gasteiger partial charge in [0, 0.05) is 38.3 Å². The van der Waals surface area contributed by atoms with Gasteiger partial charge in [-0.3, -0.25) is 4.79 Å². The Balaban J connectivity index is 2.11. The number of likely N-dealkylation sites (N-methyl/N-ethyl adjacent to an activating group) is 1. The zero-order valence-electron chi connectivity index (χ0n) is 13.3. The van der Waals surface area contributed by atoms with Crippen LogP contribution in [0.2, 0.25) is 0 Å². The Kier molecular flexibility index (Phi) is 4.66. The third kappa shape index (κ3) is 3.81. The van der Waals surface area contributed by atoms with Crippen LogP contribution in [0.3, 0.4) is 0 Å². The standard InChI is InChI=1S/C16H25N3O2/c1-16(21,11-18(2)3)10-17-13-9-15(20)19(4)14-8-6-5-7-12(13)14/h5-8,13,17,21H,9-11H2,1-4H3. The van der Waals surface area contributed by atoms with Crippen LogP contribution in [-0.2, 0) is 4.79 Å². The van der Waals surface area contributed by atoms with Crippen LogP contribution in [0.4, 0.5) is 5.69 Å². The molecule has 5 nitrogen and oxygen atoms in total. The van der Waals surface area contributed by atoms with Crippen molar-refractivity contribution >= 4 is 11.6 Å². The molecule has 0 saturated carbocycles. The number of benzene rings is 1. The van der Waals surface area contributed by atoms with Crippen molar-refractivity contribution in [1.29, 1.82) is 0 Å². The van der Waals surface area contributed by atoms with Gasteiger partial charge in [-0.1, -0.05) is 18.2 Å². The van der Waals surface area contributed by atoms with Crippen LogP contribution in [-0.4, -0.2) is 55.7 Å². The van der Waals surface area contributed by atoms with E-state index in [9.17, 15) is 9.90 Å². The minimum absolute atomic E-state index is 0.0430. The number of nitrogens with one attached hydrogen (secondary N) is 1. The predicted molar refractivity (Wildman–Crippen MR) is 84.4 cm³/mol. The van der Waals surface area contributed by atoms with Crippen LogP contribution in [0.25, 0.3) is 0 Å². The summed E-state index contributed by atoms with van der Waals surface area (Å²) in [6.45, 7) is 2.83. The number of hydrogen-bond acceptors (Lipinski definition) is 4. The summed E-state index contributed by atoms with van der Waals surface area (Å²) in [5.74, 6) is 0.0958. The Morgan fingerprint density at radius 1 is 1.43 bits per heavy atom. The fourth-order valence-corrected chi connectivity index (χ4v) is 2.91. The van der Waals surface area contributed by atoms with Crippen LogP contribution in [0.5, 0.6) is 0 Å². The van der Waals surface area contributed by atoms with Crippen molar-refractivity contribution in [3.63, 3.8) is 0 Å². The monoisotopic (exact) mass is 291 g/mol. The number of amides is 1. The molecule has 1 heterocycles. The van der Waals surface area contributed by atoms with Gasteiger partial charge in [-0.05, 0) is 32.6 Å². The number of fused-ring (bicyclic) bond motifs is 1. The maximum atomic E-state index is 12.1. The molecule has 0 aliphatic carbocycles. The van der Waals surface area contributed by atoms with E-state index >= 15 is 0 Å². The first-order chi connectivity index (χ1) is 9.80. The van der Waals surface area contributed by atoms with Crippen LogP contribution >= 0.6 is 0 Å². The van der Waals surface area contributed by atoms with Crippen molar-refractivity contribution in [3.05, 3.63) is 29.8 Å². The molecular formula is C16H25N3O2. The van der Waals surface area contributed by atoms with Crippen LogP contribution in [0, 0.1) is 0 Å². The van der Waals surface area contributed by atoms with Crippen molar-refractivity contribution in [2.45, 2.75) is 25.0 Å². The highest BCUT2D eigenvalue weighted by atomic mass is 16.3. The molecule has 0 aromatic heterocycles. The third-order valence-electron chi connectivity index (χ3n) is 3.81. The highest BCUT2D eigenvalue weighted by Gasteiger charge is 2.30. The summed E-state index contributed by atoms with van der Waals surface area (Å²) in [4.78, 5) is 15.7. The average Bonchev–Trinajstić information content (AvgIpc) is 2.40.